The van der Waals surface area contributed by atoms with Crippen LogP contribution in [0.25, 0.3) is 0 Å². The minimum atomic E-state index is -1.57. The minimum Gasteiger partial charge on any atom is -0.394 e. The summed E-state index contributed by atoms with van der Waals surface area (Å²) in [5.41, 5.74) is 0. The van der Waals surface area contributed by atoms with Crippen LogP contribution in [-0.4, -0.2) is 87.5 Å². The van der Waals surface area contributed by atoms with E-state index in [9.17, 15) is 30.3 Å². The summed E-state index contributed by atoms with van der Waals surface area (Å²) < 4.78 is 11.1. The number of aliphatic hydroxyl groups is 5. The van der Waals surface area contributed by atoms with Gasteiger partial charge in [0.05, 0.1) is 25.4 Å². The minimum absolute atomic E-state index is 0.209. The molecular formula is C38H65NO8. The van der Waals surface area contributed by atoms with Crippen molar-refractivity contribution in [3.8, 4) is 0 Å². The highest BCUT2D eigenvalue weighted by molar-refractivity contribution is 5.76. The average Bonchev–Trinajstić information content (AvgIpc) is 3.07. The Morgan fingerprint density at radius 3 is 1.96 bits per heavy atom. The number of carbonyl (C=O) groups excluding carboxylic acids is 1. The van der Waals surface area contributed by atoms with Gasteiger partial charge in [-0.25, -0.2) is 0 Å². The molecule has 0 radical (unpaired) electrons. The Balaban J connectivity index is 2.52. The summed E-state index contributed by atoms with van der Waals surface area (Å²) in [4.78, 5) is 12.8. The number of hydrogen-bond acceptors (Lipinski definition) is 8. The molecule has 1 saturated heterocycles. The molecule has 1 amide bonds. The summed E-state index contributed by atoms with van der Waals surface area (Å²) >= 11 is 0. The second kappa shape index (κ2) is 28.9. The van der Waals surface area contributed by atoms with E-state index in [0.717, 1.165) is 57.8 Å². The molecule has 0 aromatic heterocycles. The van der Waals surface area contributed by atoms with Crippen LogP contribution in [0.4, 0.5) is 0 Å². The van der Waals surface area contributed by atoms with E-state index in [0.29, 0.717) is 12.8 Å². The van der Waals surface area contributed by atoms with Crippen LogP contribution in [-0.2, 0) is 14.3 Å². The van der Waals surface area contributed by atoms with Gasteiger partial charge in [-0.05, 0) is 57.8 Å². The van der Waals surface area contributed by atoms with E-state index in [-0.39, 0.29) is 12.5 Å². The Kier molecular flexibility index (Phi) is 26.4. The van der Waals surface area contributed by atoms with Crippen LogP contribution in [0, 0.1) is 0 Å². The highest BCUT2D eigenvalue weighted by Crippen LogP contribution is 2.22. The lowest BCUT2D eigenvalue weighted by atomic mass is 9.99. The predicted octanol–water partition coefficient (Wildman–Crippen LogP) is 5.71. The van der Waals surface area contributed by atoms with Gasteiger partial charge in [0.2, 0.25) is 5.91 Å². The van der Waals surface area contributed by atoms with Crippen molar-refractivity contribution in [3.63, 3.8) is 0 Å². The molecule has 1 aliphatic heterocycles. The molecule has 0 bridgehead atoms. The summed E-state index contributed by atoms with van der Waals surface area (Å²) in [6.07, 6.45) is 28.4. The topological polar surface area (TPSA) is 149 Å². The number of carbonyl (C=O) groups is 1. The normalized spacial score (nSPS) is 23.6. The van der Waals surface area contributed by atoms with Crippen molar-refractivity contribution in [2.45, 2.75) is 159 Å². The molecule has 0 aromatic carbocycles. The van der Waals surface area contributed by atoms with Gasteiger partial charge in [-0.1, -0.05) is 113 Å². The zero-order valence-electron chi connectivity index (χ0n) is 29.0. The molecule has 9 nitrogen and oxygen atoms in total. The van der Waals surface area contributed by atoms with Crippen LogP contribution in [0.5, 0.6) is 0 Å². The van der Waals surface area contributed by atoms with Crippen LogP contribution in [0.15, 0.2) is 60.8 Å². The van der Waals surface area contributed by atoms with Gasteiger partial charge < -0.3 is 40.3 Å². The molecule has 1 rings (SSSR count). The molecule has 1 heterocycles. The Bertz CT molecular complexity index is 915. The lowest BCUT2D eigenvalue weighted by Crippen LogP contribution is -2.60. The standard InChI is InChI=1S/C38H65NO8/c1-3-5-7-9-11-13-14-15-16-17-18-20-22-24-26-28-34(42)39-31(32(41)27-25-23-21-19-12-10-8-6-4-2)30-46-38-37(45)36(44)35(43)33(29-40)47-38/h5,7,11,13,15-16,18,20,25,27,31-33,35-38,40-41,43-45H,3-4,6,8-10,12,14,17,19,21-24,26,28-30H2,1-2H3,(H,39,42)/b7-5-,13-11-,16-15-,20-18-,27-25+. The lowest BCUT2D eigenvalue weighted by Gasteiger charge is -2.40. The molecule has 270 valence electrons. The monoisotopic (exact) mass is 663 g/mol. The van der Waals surface area contributed by atoms with Crippen molar-refractivity contribution in [1.82, 2.24) is 5.32 Å². The third-order valence-electron chi connectivity index (χ3n) is 8.10. The number of amides is 1. The number of nitrogens with one attached hydrogen (secondary N) is 1. The molecule has 6 N–H and O–H groups in total. The molecule has 9 heteroatoms. The van der Waals surface area contributed by atoms with E-state index >= 15 is 0 Å². The van der Waals surface area contributed by atoms with Crippen LogP contribution in [0.3, 0.4) is 0 Å². The van der Waals surface area contributed by atoms with E-state index in [1.165, 1.54) is 32.1 Å². The van der Waals surface area contributed by atoms with Gasteiger partial charge in [0, 0.05) is 6.42 Å². The second-order valence-corrected chi connectivity index (χ2v) is 12.3. The van der Waals surface area contributed by atoms with Gasteiger partial charge in [0.15, 0.2) is 6.29 Å². The fourth-order valence-corrected chi connectivity index (χ4v) is 5.14. The van der Waals surface area contributed by atoms with E-state index in [1.807, 2.05) is 6.08 Å². The van der Waals surface area contributed by atoms with Crippen molar-refractivity contribution in [1.29, 1.82) is 0 Å². The second-order valence-electron chi connectivity index (χ2n) is 12.3. The van der Waals surface area contributed by atoms with Gasteiger partial charge in [0.1, 0.15) is 24.4 Å². The summed E-state index contributed by atoms with van der Waals surface area (Å²) in [5, 5.41) is 53.7. The Labute approximate surface area is 284 Å². The number of rotatable bonds is 27. The largest absolute Gasteiger partial charge is 0.394 e. The number of hydrogen-bond donors (Lipinski definition) is 6. The number of unbranched alkanes of at least 4 members (excludes halogenated alkanes) is 9. The van der Waals surface area contributed by atoms with Crippen LogP contribution in [0.1, 0.15) is 117 Å². The molecule has 7 atom stereocenters. The first-order valence-corrected chi connectivity index (χ1v) is 18.0. The molecular weight excluding hydrogens is 598 g/mol. The SMILES string of the molecule is CC/C=C\C/C=C\C/C=C\C/C=C\CCCCC(=O)NC(COC1OC(CO)C(O)C(O)C1O)C(O)/C=C/CCCCCCCCC. The van der Waals surface area contributed by atoms with Crippen molar-refractivity contribution in [2.75, 3.05) is 13.2 Å². The van der Waals surface area contributed by atoms with E-state index in [4.69, 9.17) is 9.47 Å². The summed E-state index contributed by atoms with van der Waals surface area (Å²) in [6, 6.07) is -0.825. The highest BCUT2D eigenvalue weighted by Gasteiger charge is 2.44. The van der Waals surface area contributed by atoms with Gasteiger partial charge >= 0.3 is 0 Å². The van der Waals surface area contributed by atoms with Gasteiger partial charge in [0.25, 0.3) is 0 Å². The van der Waals surface area contributed by atoms with Gasteiger partial charge in [-0.3, -0.25) is 4.79 Å². The van der Waals surface area contributed by atoms with Crippen molar-refractivity contribution in [2.24, 2.45) is 0 Å². The molecule has 1 aliphatic rings. The molecule has 0 aromatic rings. The van der Waals surface area contributed by atoms with Crippen LogP contribution >= 0.6 is 0 Å². The number of allylic oxidation sites excluding steroid dienone is 9. The zero-order valence-corrected chi connectivity index (χ0v) is 29.0. The van der Waals surface area contributed by atoms with Crippen LogP contribution < -0.4 is 5.32 Å². The fraction of sp³-hybridized carbons (Fsp3) is 0.711. The summed E-state index contributed by atoms with van der Waals surface area (Å²) in [5.74, 6) is -0.225. The number of ether oxygens (including phenoxy) is 2. The summed E-state index contributed by atoms with van der Waals surface area (Å²) in [7, 11) is 0. The van der Waals surface area contributed by atoms with Gasteiger partial charge in [-0.2, -0.15) is 0 Å². The Morgan fingerprint density at radius 2 is 1.32 bits per heavy atom. The van der Waals surface area contributed by atoms with E-state index < -0.39 is 49.5 Å². The average molecular weight is 664 g/mol. The molecule has 0 aliphatic carbocycles. The zero-order chi connectivity index (χ0) is 34.5. The smallest absolute Gasteiger partial charge is 0.220 e. The van der Waals surface area contributed by atoms with Crippen molar-refractivity contribution < 1.29 is 39.8 Å². The quantitative estimate of drug-likeness (QED) is 0.0484. The molecule has 1 fully saturated rings. The molecule has 47 heavy (non-hydrogen) atoms. The molecule has 0 spiro atoms. The van der Waals surface area contributed by atoms with Gasteiger partial charge in [-0.15, -0.1) is 0 Å². The molecule has 7 unspecified atom stereocenters. The third kappa shape index (κ3) is 20.8. The number of aliphatic hydroxyl groups excluding tert-OH is 5. The first-order valence-electron chi connectivity index (χ1n) is 18.0. The third-order valence-corrected chi connectivity index (χ3v) is 8.10. The maximum atomic E-state index is 12.8. The van der Waals surface area contributed by atoms with Crippen molar-refractivity contribution in [3.05, 3.63) is 60.8 Å². The predicted molar refractivity (Wildman–Crippen MR) is 189 cm³/mol. The Hall–Kier alpha value is -2.11. The maximum Gasteiger partial charge on any atom is 0.220 e. The van der Waals surface area contributed by atoms with E-state index in [2.05, 4.69) is 67.8 Å². The first-order chi connectivity index (χ1) is 22.8. The Morgan fingerprint density at radius 1 is 0.745 bits per heavy atom. The fourth-order valence-electron chi connectivity index (χ4n) is 5.14. The lowest BCUT2D eigenvalue weighted by molar-refractivity contribution is -0.302. The summed E-state index contributed by atoms with van der Waals surface area (Å²) in [6.45, 7) is 3.55. The first kappa shape index (κ1) is 42.9. The van der Waals surface area contributed by atoms with Crippen LogP contribution in [0.2, 0.25) is 0 Å². The van der Waals surface area contributed by atoms with Crippen molar-refractivity contribution >= 4 is 5.91 Å². The molecule has 0 saturated carbocycles. The highest BCUT2D eigenvalue weighted by atomic mass is 16.7. The van der Waals surface area contributed by atoms with E-state index in [1.54, 1.807) is 6.08 Å². The maximum absolute atomic E-state index is 12.8.